The van der Waals surface area contributed by atoms with E-state index >= 15 is 0 Å². The molecule has 1 aromatic carbocycles. The Morgan fingerprint density at radius 1 is 1.17 bits per heavy atom. The van der Waals surface area contributed by atoms with Gasteiger partial charge in [0.1, 0.15) is 12.1 Å². The van der Waals surface area contributed by atoms with E-state index in [4.69, 9.17) is 0 Å². The summed E-state index contributed by atoms with van der Waals surface area (Å²) >= 11 is 0. The Hall–Kier alpha value is -2.31. The summed E-state index contributed by atoms with van der Waals surface area (Å²) in [5.74, 6) is 0.416. The van der Waals surface area contributed by atoms with Crippen LogP contribution in [0, 0.1) is 5.82 Å². The number of rotatable bonds is 4. The van der Waals surface area contributed by atoms with Gasteiger partial charge in [0, 0.05) is 18.5 Å². The fourth-order valence-electron chi connectivity index (χ4n) is 4.21. The van der Waals surface area contributed by atoms with Crippen LogP contribution in [-0.2, 0) is 11.3 Å². The molecule has 2 saturated heterocycles. The molecule has 0 radical (unpaired) electrons. The summed E-state index contributed by atoms with van der Waals surface area (Å²) in [7, 11) is 0. The monoisotopic (exact) mass is 329 g/mol. The van der Waals surface area contributed by atoms with Crippen LogP contribution in [-0.4, -0.2) is 43.1 Å². The summed E-state index contributed by atoms with van der Waals surface area (Å²) in [4.78, 5) is 14.7. The third-order valence-corrected chi connectivity index (χ3v) is 5.31. The van der Waals surface area contributed by atoms with E-state index < -0.39 is 0 Å². The van der Waals surface area contributed by atoms with Crippen LogP contribution in [0.15, 0.2) is 30.6 Å². The third kappa shape index (κ3) is 2.90. The van der Waals surface area contributed by atoms with Gasteiger partial charge in [0.15, 0.2) is 0 Å². The molecule has 2 aliphatic rings. The number of carbonyl (C=O) groups is 1. The van der Waals surface area contributed by atoms with E-state index in [1.807, 2.05) is 12.1 Å². The smallest absolute Gasteiger partial charge is 0.224 e. The Balaban J connectivity index is 1.41. The number of halogens is 1. The Morgan fingerprint density at radius 3 is 2.50 bits per heavy atom. The second kappa shape index (κ2) is 6.30. The van der Waals surface area contributed by atoms with Crippen LogP contribution < -0.4 is 0 Å². The van der Waals surface area contributed by atoms with Crippen molar-refractivity contribution in [3.8, 4) is 0 Å². The number of amides is 1. The summed E-state index contributed by atoms with van der Waals surface area (Å²) in [6, 6.07) is 7.44. The first-order valence-electron chi connectivity index (χ1n) is 8.48. The van der Waals surface area contributed by atoms with Gasteiger partial charge in [0.05, 0.1) is 6.54 Å². The minimum atomic E-state index is -0.197. The largest absolute Gasteiger partial charge is 0.337 e. The number of tetrazole rings is 1. The first-order valence-corrected chi connectivity index (χ1v) is 8.48. The maximum absolute atomic E-state index is 13.1. The molecule has 0 aliphatic carbocycles. The summed E-state index contributed by atoms with van der Waals surface area (Å²) in [5, 5.41) is 11.0. The van der Waals surface area contributed by atoms with Crippen molar-refractivity contribution in [3.05, 3.63) is 42.0 Å². The van der Waals surface area contributed by atoms with Crippen LogP contribution >= 0.6 is 0 Å². The molecule has 0 unspecified atom stereocenters. The SMILES string of the molecule is O=C(CCn1cnnn1)N1[C@@H]2CC[C@@H]1CC(c1ccc(F)cc1)C2. The lowest BCUT2D eigenvalue weighted by molar-refractivity contribution is -0.136. The van der Waals surface area contributed by atoms with Gasteiger partial charge in [0.25, 0.3) is 0 Å². The van der Waals surface area contributed by atoms with Gasteiger partial charge in [-0.15, -0.1) is 5.10 Å². The lowest BCUT2D eigenvalue weighted by Crippen LogP contribution is -2.46. The van der Waals surface area contributed by atoms with Gasteiger partial charge in [-0.05, 0) is 59.7 Å². The predicted molar refractivity (Wildman–Crippen MR) is 84.5 cm³/mol. The van der Waals surface area contributed by atoms with Gasteiger partial charge < -0.3 is 4.90 Å². The molecule has 1 amide bonds. The van der Waals surface area contributed by atoms with Crippen LogP contribution in [0.3, 0.4) is 0 Å². The average molecular weight is 329 g/mol. The van der Waals surface area contributed by atoms with E-state index in [1.165, 1.54) is 24.0 Å². The Morgan fingerprint density at radius 2 is 1.88 bits per heavy atom. The molecule has 2 atom stereocenters. The Labute approximate surface area is 139 Å². The van der Waals surface area contributed by atoms with Crippen molar-refractivity contribution >= 4 is 5.91 Å². The highest BCUT2D eigenvalue weighted by Gasteiger charge is 2.43. The lowest BCUT2D eigenvalue weighted by atomic mass is 9.85. The van der Waals surface area contributed by atoms with E-state index in [2.05, 4.69) is 20.4 Å². The molecule has 6 nitrogen and oxygen atoms in total. The predicted octanol–water partition coefficient (Wildman–Crippen LogP) is 2.14. The van der Waals surface area contributed by atoms with Crippen molar-refractivity contribution < 1.29 is 9.18 Å². The molecule has 0 N–H and O–H groups in total. The quantitative estimate of drug-likeness (QED) is 0.862. The molecule has 0 spiro atoms. The van der Waals surface area contributed by atoms with Gasteiger partial charge >= 0.3 is 0 Å². The number of hydrogen-bond acceptors (Lipinski definition) is 4. The highest BCUT2D eigenvalue weighted by Crippen LogP contribution is 2.43. The normalized spacial score (nSPS) is 25.9. The average Bonchev–Trinajstić information content (AvgIpc) is 3.19. The summed E-state index contributed by atoms with van der Waals surface area (Å²) in [6.45, 7) is 0.517. The van der Waals surface area contributed by atoms with E-state index in [0.717, 1.165) is 25.7 Å². The molecular weight excluding hydrogens is 309 g/mol. The first kappa shape index (κ1) is 15.2. The minimum absolute atomic E-state index is 0.190. The Kier molecular flexibility index (Phi) is 4.00. The summed E-state index contributed by atoms with van der Waals surface area (Å²) in [5.41, 5.74) is 1.19. The van der Waals surface area contributed by atoms with Gasteiger partial charge in [-0.1, -0.05) is 12.1 Å². The topological polar surface area (TPSA) is 63.9 Å². The molecule has 2 aromatic rings. The zero-order chi connectivity index (χ0) is 16.5. The Bertz CT molecular complexity index is 688. The second-order valence-corrected chi connectivity index (χ2v) is 6.73. The minimum Gasteiger partial charge on any atom is -0.337 e. The van der Waals surface area contributed by atoms with Crippen molar-refractivity contribution in [2.75, 3.05) is 0 Å². The van der Waals surface area contributed by atoms with E-state index in [1.54, 1.807) is 4.68 Å². The molecule has 2 bridgehead atoms. The maximum Gasteiger partial charge on any atom is 0.224 e. The molecule has 24 heavy (non-hydrogen) atoms. The molecular formula is C17H20FN5O. The first-order chi connectivity index (χ1) is 11.7. The zero-order valence-electron chi connectivity index (χ0n) is 13.4. The number of aryl methyl sites for hydroxylation is 1. The summed E-state index contributed by atoms with van der Waals surface area (Å²) < 4.78 is 14.7. The van der Waals surface area contributed by atoms with Crippen LogP contribution in [0.2, 0.25) is 0 Å². The van der Waals surface area contributed by atoms with E-state index in [9.17, 15) is 9.18 Å². The fraction of sp³-hybridized carbons (Fsp3) is 0.529. The summed E-state index contributed by atoms with van der Waals surface area (Å²) in [6.07, 6.45) is 6.04. The van der Waals surface area contributed by atoms with Crippen LogP contribution in [0.5, 0.6) is 0 Å². The van der Waals surface area contributed by atoms with Gasteiger partial charge in [-0.3, -0.25) is 4.79 Å². The maximum atomic E-state index is 13.1. The number of fused-ring (bicyclic) bond motifs is 2. The van der Waals surface area contributed by atoms with Crippen LogP contribution in [0.25, 0.3) is 0 Å². The standard InChI is InChI=1S/C17H20FN5O/c18-14-3-1-12(2-4-14)13-9-15-5-6-16(10-13)23(15)17(24)7-8-22-11-19-20-21-22/h1-4,11,13,15-16H,5-10H2/t15-,16-/m1/s1. The van der Waals surface area contributed by atoms with Crippen molar-refractivity contribution in [1.29, 1.82) is 0 Å². The highest BCUT2D eigenvalue weighted by atomic mass is 19.1. The lowest BCUT2D eigenvalue weighted by Gasteiger charge is -2.39. The van der Waals surface area contributed by atoms with Gasteiger partial charge in [-0.2, -0.15) is 0 Å². The second-order valence-electron chi connectivity index (χ2n) is 6.73. The van der Waals surface area contributed by atoms with Gasteiger partial charge in [-0.25, -0.2) is 9.07 Å². The molecule has 4 rings (SSSR count). The van der Waals surface area contributed by atoms with Crippen LogP contribution in [0.1, 0.15) is 43.6 Å². The molecule has 2 fully saturated rings. The fourth-order valence-corrected chi connectivity index (χ4v) is 4.21. The number of hydrogen-bond donors (Lipinski definition) is 0. The number of nitrogens with zero attached hydrogens (tertiary/aromatic N) is 5. The molecule has 2 aliphatic heterocycles. The van der Waals surface area contributed by atoms with Crippen molar-refractivity contribution in [3.63, 3.8) is 0 Å². The number of piperidine rings is 1. The van der Waals surface area contributed by atoms with E-state index in [0.29, 0.717) is 31.0 Å². The van der Waals surface area contributed by atoms with Gasteiger partial charge in [0.2, 0.25) is 5.91 Å². The van der Waals surface area contributed by atoms with E-state index in [-0.39, 0.29) is 11.7 Å². The van der Waals surface area contributed by atoms with Crippen molar-refractivity contribution in [1.82, 2.24) is 25.1 Å². The number of carbonyl (C=O) groups excluding carboxylic acids is 1. The number of aromatic nitrogens is 4. The molecule has 3 heterocycles. The third-order valence-electron chi connectivity index (χ3n) is 5.31. The van der Waals surface area contributed by atoms with Crippen molar-refractivity contribution in [2.45, 2.75) is 56.7 Å². The van der Waals surface area contributed by atoms with Crippen molar-refractivity contribution in [2.24, 2.45) is 0 Å². The molecule has 7 heteroatoms. The molecule has 1 aromatic heterocycles. The molecule has 0 saturated carbocycles. The highest BCUT2D eigenvalue weighted by molar-refractivity contribution is 5.77. The van der Waals surface area contributed by atoms with Crippen LogP contribution in [0.4, 0.5) is 4.39 Å². The number of benzene rings is 1. The zero-order valence-corrected chi connectivity index (χ0v) is 13.4. The molecule has 126 valence electrons.